The molecular formula is C22H46N4O2Ru. The van der Waals surface area contributed by atoms with Gasteiger partial charge in [-0.2, -0.15) is 26.2 Å². The normalized spacial score (nSPS) is 10.6. The van der Waals surface area contributed by atoms with Crippen molar-refractivity contribution in [3.8, 4) is 0 Å². The standard InChI is InChI=1S/2C10H22N2.2CHO.Ru/c2*1-6-10(4,5)9(11-7-2)12-8-3;2*1-2;/h2*9H,6-8H2,1-5H3;2*1H;/q2*-2;2*-1;+6. The summed E-state index contributed by atoms with van der Waals surface area (Å²) in [5.74, 6) is 0. The summed E-state index contributed by atoms with van der Waals surface area (Å²) in [6, 6.07) is 0. The molecule has 0 rings (SSSR count). The van der Waals surface area contributed by atoms with Crippen LogP contribution in [0.5, 0.6) is 0 Å². The van der Waals surface area contributed by atoms with Gasteiger partial charge in [0, 0.05) is 0 Å². The molecule has 0 saturated carbocycles. The van der Waals surface area contributed by atoms with Crippen molar-refractivity contribution in [3.05, 3.63) is 21.3 Å². The Morgan fingerprint density at radius 1 is 0.552 bits per heavy atom. The fourth-order valence-electron chi connectivity index (χ4n) is 2.16. The summed E-state index contributed by atoms with van der Waals surface area (Å²) in [7, 11) is 0. The zero-order valence-corrected chi connectivity index (χ0v) is 22.2. The molecule has 0 aromatic carbocycles. The molecule has 0 fully saturated rings. The second-order valence-electron chi connectivity index (χ2n) is 7.43. The van der Waals surface area contributed by atoms with Gasteiger partial charge in [-0.1, -0.05) is 92.9 Å². The van der Waals surface area contributed by atoms with E-state index in [1.165, 1.54) is 0 Å². The molecule has 7 heteroatoms. The minimum atomic E-state index is 0. The van der Waals surface area contributed by atoms with E-state index in [4.69, 9.17) is 9.59 Å². The number of rotatable bonds is 12. The average Bonchev–Trinajstić information content (AvgIpc) is 2.71. The van der Waals surface area contributed by atoms with E-state index in [1.54, 1.807) is 0 Å². The number of hydrogen-bond donors (Lipinski definition) is 0. The molecule has 0 aliphatic carbocycles. The van der Waals surface area contributed by atoms with E-state index in [-0.39, 0.29) is 42.6 Å². The van der Waals surface area contributed by atoms with E-state index in [2.05, 4.69) is 104 Å². The van der Waals surface area contributed by atoms with E-state index < -0.39 is 0 Å². The Kier molecular flexibility index (Phi) is 35.0. The second-order valence-corrected chi connectivity index (χ2v) is 7.43. The third-order valence-corrected chi connectivity index (χ3v) is 4.64. The largest absolute Gasteiger partial charge is 6.00 e. The molecule has 0 amide bonds. The maximum atomic E-state index is 7.75. The van der Waals surface area contributed by atoms with Gasteiger partial charge in [0.1, 0.15) is 0 Å². The fourth-order valence-corrected chi connectivity index (χ4v) is 2.16. The van der Waals surface area contributed by atoms with Crippen LogP contribution in [-0.2, 0) is 29.1 Å². The van der Waals surface area contributed by atoms with E-state index in [0.717, 1.165) is 39.0 Å². The van der Waals surface area contributed by atoms with E-state index in [0.29, 0.717) is 0 Å². The first-order valence-corrected chi connectivity index (χ1v) is 10.3. The first-order chi connectivity index (χ1) is 13.2. The van der Waals surface area contributed by atoms with Crippen LogP contribution in [0.1, 0.15) is 82.1 Å². The van der Waals surface area contributed by atoms with Gasteiger partial charge >= 0.3 is 19.5 Å². The SMILES string of the molecule is CC[N-]C([N-]CC)C(C)(C)CC.CC[N-]C([N-]CC)C(C)(C)CC.[CH-]=O.[CH-]=O.[Ru+6]. The predicted octanol–water partition coefficient (Wildman–Crippen LogP) is 6.52. The Morgan fingerprint density at radius 3 is 0.828 bits per heavy atom. The van der Waals surface area contributed by atoms with E-state index >= 15 is 0 Å². The Hall–Kier alpha value is -0.197. The Labute approximate surface area is 195 Å². The van der Waals surface area contributed by atoms with Gasteiger partial charge in [0.15, 0.2) is 0 Å². The maximum absolute atomic E-state index is 7.75. The van der Waals surface area contributed by atoms with Crippen molar-refractivity contribution in [3.63, 3.8) is 0 Å². The molecule has 0 aliphatic rings. The van der Waals surface area contributed by atoms with Crippen molar-refractivity contribution in [1.29, 1.82) is 0 Å². The average molecular weight is 500 g/mol. The summed E-state index contributed by atoms with van der Waals surface area (Å²) < 4.78 is 0. The molecule has 0 N–H and O–H groups in total. The van der Waals surface area contributed by atoms with Gasteiger partial charge < -0.3 is 30.9 Å². The van der Waals surface area contributed by atoms with Gasteiger partial charge in [0.25, 0.3) is 0 Å². The molecule has 0 saturated heterocycles. The molecule has 0 atom stereocenters. The third kappa shape index (κ3) is 20.8. The predicted molar refractivity (Wildman–Crippen MR) is 125 cm³/mol. The summed E-state index contributed by atoms with van der Waals surface area (Å²) in [5, 5.41) is 18.0. The number of nitrogens with zero attached hydrogens (tertiary/aromatic N) is 4. The van der Waals surface area contributed by atoms with E-state index in [1.807, 2.05) is 0 Å². The molecule has 0 unspecified atom stereocenters. The molecular weight excluding hydrogens is 453 g/mol. The smallest absolute Gasteiger partial charge is 0.678 e. The molecule has 6 nitrogen and oxygen atoms in total. The monoisotopic (exact) mass is 500 g/mol. The molecule has 174 valence electrons. The summed E-state index contributed by atoms with van der Waals surface area (Å²) >= 11 is 0. The first kappa shape index (κ1) is 39.3. The zero-order valence-electron chi connectivity index (χ0n) is 20.5. The summed E-state index contributed by atoms with van der Waals surface area (Å²) in [6.07, 6.45) is 2.64. The van der Waals surface area contributed by atoms with Crippen molar-refractivity contribution in [2.75, 3.05) is 26.2 Å². The van der Waals surface area contributed by atoms with Crippen LogP contribution >= 0.6 is 0 Å². The van der Waals surface area contributed by atoms with Crippen LogP contribution in [-0.4, -0.2) is 52.1 Å². The minimum Gasteiger partial charge on any atom is -0.678 e. The quantitative estimate of drug-likeness (QED) is 0.174. The van der Waals surface area contributed by atoms with Gasteiger partial charge in [-0.25, -0.2) is 12.3 Å². The van der Waals surface area contributed by atoms with Crippen LogP contribution in [0.3, 0.4) is 0 Å². The molecule has 0 aromatic rings. The summed E-state index contributed by atoms with van der Waals surface area (Å²) in [4.78, 5) is 15.5. The molecule has 0 spiro atoms. The van der Waals surface area contributed by atoms with Crippen LogP contribution in [0.2, 0.25) is 0 Å². The van der Waals surface area contributed by atoms with Crippen LogP contribution in [0, 0.1) is 10.8 Å². The molecule has 0 aliphatic heterocycles. The number of hydrogen-bond acceptors (Lipinski definition) is 2. The Bertz CT molecular complexity index is 277. The summed E-state index contributed by atoms with van der Waals surface area (Å²) in [6.45, 7) is 31.6. The van der Waals surface area contributed by atoms with Crippen LogP contribution < -0.4 is 0 Å². The van der Waals surface area contributed by atoms with Crippen LogP contribution in [0.4, 0.5) is 0 Å². The number of carbonyl (C=O) groups excluding carboxylic acids is 2. The first-order valence-electron chi connectivity index (χ1n) is 10.3. The molecule has 0 aromatic heterocycles. The maximum Gasteiger partial charge on any atom is 6.00 e. The Morgan fingerprint density at radius 2 is 0.724 bits per heavy atom. The van der Waals surface area contributed by atoms with Gasteiger partial charge in [-0.05, 0) is 0 Å². The van der Waals surface area contributed by atoms with Crippen LogP contribution in [0.25, 0.3) is 21.3 Å². The third-order valence-electron chi connectivity index (χ3n) is 4.64. The van der Waals surface area contributed by atoms with Crippen molar-refractivity contribution in [2.24, 2.45) is 10.8 Å². The van der Waals surface area contributed by atoms with Crippen molar-refractivity contribution in [2.45, 2.75) is 94.4 Å². The zero-order chi connectivity index (χ0) is 23.2. The molecule has 29 heavy (non-hydrogen) atoms. The minimum absolute atomic E-state index is 0. The van der Waals surface area contributed by atoms with Crippen molar-refractivity contribution < 1.29 is 29.1 Å². The van der Waals surface area contributed by atoms with E-state index in [9.17, 15) is 0 Å². The molecule has 0 heterocycles. The molecule has 0 radical (unpaired) electrons. The fraction of sp³-hybridized carbons (Fsp3) is 0.909. The topological polar surface area (TPSA) is 90.5 Å². The van der Waals surface area contributed by atoms with Crippen molar-refractivity contribution in [1.82, 2.24) is 0 Å². The van der Waals surface area contributed by atoms with Gasteiger partial charge in [-0.3, -0.25) is 13.6 Å². The van der Waals surface area contributed by atoms with Crippen LogP contribution in [0.15, 0.2) is 0 Å². The second kappa shape index (κ2) is 25.8. The van der Waals surface area contributed by atoms with Gasteiger partial charge in [-0.15, -0.1) is 0 Å². The van der Waals surface area contributed by atoms with Gasteiger partial charge in [0.2, 0.25) is 0 Å². The summed E-state index contributed by atoms with van der Waals surface area (Å²) in [5.41, 5.74) is 0.456. The molecule has 0 bridgehead atoms. The van der Waals surface area contributed by atoms with Gasteiger partial charge in [0.05, 0.1) is 0 Å². The van der Waals surface area contributed by atoms with Crippen molar-refractivity contribution >= 4 is 13.6 Å². The Balaban J connectivity index is -0.000000109.